The molecule has 0 spiro atoms. The van der Waals surface area contributed by atoms with Crippen LogP contribution in [-0.2, 0) is 4.74 Å². The van der Waals surface area contributed by atoms with E-state index < -0.39 is 0 Å². The zero-order valence-corrected chi connectivity index (χ0v) is 11.5. The fraction of sp³-hybridized carbons (Fsp3) is 0.600. The Morgan fingerprint density at radius 3 is 2.44 bits per heavy atom. The second-order valence-corrected chi connectivity index (χ2v) is 5.77. The van der Waals surface area contributed by atoms with Crippen LogP contribution in [0.1, 0.15) is 38.8 Å². The van der Waals surface area contributed by atoms with Gasteiger partial charge in [-0.1, -0.05) is 26.0 Å². The van der Waals surface area contributed by atoms with Crippen molar-refractivity contribution in [2.75, 3.05) is 7.11 Å². The van der Waals surface area contributed by atoms with Gasteiger partial charge in [-0.3, -0.25) is 0 Å². The molecule has 1 fully saturated rings. The molecule has 1 aliphatic rings. The molecule has 18 heavy (non-hydrogen) atoms. The summed E-state index contributed by atoms with van der Waals surface area (Å²) in [6.45, 7) is 6.56. The second-order valence-electron chi connectivity index (χ2n) is 5.77. The lowest BCUT2D eigenvalue weighted by molar-refractivity contribution is -0.0999. The summed E-state index contributed by atoms with van der Waals surface area (Å²) in [6, 6.07) is 7.38. The first-order valence-corrected chi connectivity index (χ1v) is 6.49. The highest BCUT2D eigenvalue weighted by Crippen LogP contribution is 2.43. The summed E-state index contributed by atoms with van der Waals surface area (Å²) in [4.78, 5) is 0. The van der Waals surface area contributed by atoms with E-state index in [4.69, 9.17) is 4.74 Å². The smallest absolute Gasteiger partial charge is 0.123 e. The largest absolute Gasteiger partial charge is 0.381 e. The molecular weight excluding hydrogens is 229 g/mol. The Bertz CT molecular complexity index is 401. The number of nitrogens with one attached hydrogen (secondary N) is 1. The molecule has 0 aliphatic heterocycles. The van der Waals surface area contributed by atoms with Crippen molar-refractivity contribution < 1.29 is 9.13 Å². The minimum absolute atomic E-state index is 0.156. The Labute approximate surface area is 109 Å². The second kappa shape index (κ2) is 4.98. The van der Waals surface area contributed by atoms with Crippen LogP contribution < -0.4 is 5.32 Å². The van der Waals surface area contributed by atoms with Gasteiger partial charge in [-0.25, -0.2) is 4.39 Å². The molecular formula is C15H22FNO. The summed E-state index contributed by atoms with van der Waals surface area (Å²) in [7, 11) is 1.77. The van der Waals surface area contributed by atoms with E-state index in [0.29, 0.717) is 12.1 Å². The molecule has 1 aromatic carbocycles. The van der Waals surface area contributed by atoms with Crippen molar-refractivity contribution in [2.24, 2.45) is 5.41 Å². The number of benzene rings is 1. The molecule has 0 saturated heterocycles. The topological polar surface area (TPSA) is 21.3 Å². The van der Waals surface area contributed by atoms with Crippen molar-refractivity contribution in [3.8, 4) is 0 Å². The molecule has 3 heteroatoms. The Balaban J connectivity index is 1.97. The van der Waals surface area contributed by atoms with E-state index in [1.807, 2.05) is 12.1 Å². The van der Waals surface area contributed by atoms with E-state index in [1.165, 1.54) is 12.1 Å². The Morgan fingerprint density at radius 2 is 1.94 bits per heavy atom. The van der Waals surface area contributed by atoms with Crippen LogP contribution in [0.25, 0.3) is 0 Å². The van der Waals surface area contributed by atoms with Gasteiger partial charge < -0.3 is 10.1 Å². The van der Waals surface area contributed by atoms with E-state index in [-0.39, 0.29) is 17.3 Å². The molecule has 0 radical (unpaired) electrons. The molecule has 0 aromatic heterocycles. The molecule has 1 aliphatic carbocycles. The highest BCUT2D eigenvalue weighted by molar-refractivity contribution is 5.20. The minimum atomic E-state index is -0.186. The van der Waals surface area contributed by atoms with Crippen LogP contribution in [-0.4, -0.2) is 19.3 Å². The first kappa shape index (κ1) is 13.5. The van der Waals surface area contributed by atoms with E-state index >= 15 is 0 Å². The molecule has 100 valence electrons. The van der Waals surface area contributed by atoms with Crippen molar-refractivity contribution in [1.82, 2.24) is 5.32 Å². The summed E-state index contributed by atoms with van der Waals surface area (Å²) in [6.07, 6.45) is 1.37. The number of halogens is 1. The normalized spacial score (nSPS) is 27.6. The number of hydrogen-bond acceptors (Lipinski definition) is 2. The number of hydrogen-bond donors (Lipinski definition) is 1. The van der Waals surface area contributed by atoms with E-state index in [1.54, 1.807) is 7.11 Å². The first-order chi connectivity index (χ1) is 8.45. The van der Waals surface area contributed by atoms with Crippen molar-refractivity contribution in [2.45, 2.75) is 45.4 Å². The third kappa shape index (κ3) is 2.43. The lowest BCUT2D eigenvalue weighted by Crippen LogP contribution is -2.60. The highest BCUT2D eigenvalue weighted by atomic mass is 19.1. The molecule has 2 rings (SSSR count). The molecule has 2 nitrogen and oxygen atoms in total. The molecule has 0 bridgehead atoms. The van der Waals surface area contributed by atoms with Crippen molar-refractivity contribution >= 4 is 0 Å². The molecule has 0 heterocycles. The molecule has 0 amide bonds. The summed E-state index contributed by atoms with van der Waals surface area (Å²) in [5.74, 6) is -0.186. The van der Waals surface area contributed by atoms with Crippen LogP contribution in [0.15, 0.2) is 24.3 Å². The maximum absolute atomic E-state index is 12.9. The summed E-state index contributed by atoms with van der Waals surface area (Å²) in [5.41, 5.74) is 1.27. The zero-order chi connectivity index (χ0) is 13.3. The molecule has 1 N–H and O–H groups in total. The fourth-order valence-electron chi connectivity index (χ4n) is 2.72. The van der Waals surface area contributed by atoms with Crippen LogP contribution in [0.3, 0.4) is 0 Å². The average Bonchev–Trinajstić information content (AvgIpc) is 2.34. The monoisotopic (exact) mass is 251 g/mol. The predicted molar refractivity (Wildman–Crippen MR) is 70.9 cm³/mol. The summed E-state index contributed by atoms with van der Waals surface area (Å²) in [5, 5.41) is 3.60. The Kier molecular flexibility index (Phi) is 3.74. The van der Waals surface area contributed by atoms with Gasteiger partial charge in [-0.15, -0.1) is 0 Å². The third-order valence-electron chi connectivity index (χ3n) is 4.28. The summed E-state index contributed by atoms with van der Waals surface area (Å²) < 4.78 is 18.3. The van der Waals surface area contributed by atoms with Gasteiger partial charge in [0.1, 0.15) is 5.82 Å². The zero-order valence-electron chi connectivity index (χ0n) is 11.5. The molecule has 3 atom stereocenters. The lowest BCUT2D eigenvalue weighted by Gasteiger charge is -2.52. The first-order valence-electron chi connectivity index (χ1n) is 6.49. The van der Waals surface area contributed by atoms with Gasteiger partial charge in [-0.05, 0) is 31.0 Å². The van der Waals surface area contributed by atoms with Gasteiger partial charge in [0.05, 0.1) is 6.10 Å². The van der Waals surface area contributed by atoms with Crippen LogP contribution in [0, 0.1) is 11.2 Å². The van der Waals surface area contributed by atoms with Crippen LogP contribution in [0.4, 0.5) is 4.39 Å². The fourth-order valence-corrected chi connectivity index (χ4v) is 2.72. The van der Waals surface area contributed by atoms with Crippen molar-refractivity contribution in [3.63, 3.8) is 0 Å². The van der Waals surface area contributed by atoms with Gasteiger partial charge in [0.2, 0.25) is 0 Å². The van der Waals surface area contributed by atoms with Crippen LogP contribution in [0.2, 0.25) is 0 Å². The quantitative estimate of drug-likeness (QED) is 0.886. The van der Waals surface area contributed by atoms with E-state index in [9.17, 15) is 4.39 Å². The number of rotatable bonds is 4. The third-order valence-corrected chi connectivity index (χ3v) is 4.28. The van der Waals surface area contributed by atoms with Gasteiger partial charge in [-0.2, -0.15) is 0 Å². The standard InChI is InChI=1S/C15H22FNO/c1-10(11-5-7-12(16)8-6-11)17-13-9-14(18-4)15(13,2)3/h5-8,10,13-14,17H,9H2,1-4H3. The highest BCUT2D eigenvalue weighted by Gasteiger charge is 2.48. The number of methoxy groups -OCH3 is 1. The van der Waals surface area contributed by atoms with E-state index in [2.05, 4.69) is 26.1 Å². The SMILES string of the molecule is COC1CC(NC(C)c2ccc(F)cc2)C1(C)C. The molecule has 1 aromatic rings. The maximum Gasteiger partial charge on any atom is 0.123 e. The van der Waals surface area contributed by atoms with Crippen LogP contribution in [0.5, 0.6) is 0 Å². The maximum atomic E-state index is 12.9. The van der Waals surface area contributed by atoms with Gasteiger partial charge in [0.15, 0.2) is 0 Å². The van der Waals surface area contributed by atoms with Crippen molar-refractivity contribution in [1.29, 1.82) is 0 Å². The minimum Gasteiger partial charge on any atom is -0.381 e. The van der Waals surface area contributed by atoms with Gasteiger partial charge in [0, 0.05) is 24.6 Å². The van der Waals surface area contributed by atoms with E-state index in [0.717, 1.165) is 12.0 Å². The summed E-state index contributed by atoms with van der Waals surface area (Å²) >= 11 is 0. The average molecular weight is 251 g/mol. The molecule has 3 unspecified atom stereocenters. The number of ether oxygens (including phenoxy) is 1. The van der Waals surface area contributed by atoms with Gasteiger partial charge >= 0.3 is 0 Å². The lowest BCUT2D eigenvalue weighted by atomic mass is 9.64. The van der Waals surface area contributed by atoms with Gasteiger partial charge in [0.25, 0.3) is 0 Å². The Morgan fingerprint density at radius 1 is 1.33 bits per heavy atom. The molecule has 1 saturated carbocycles. The Hall–Kier alpha value is -0.930. The predicted octanol–water partition coefficient (Wildman–Crippen LogP) is 3.29. The van der Waals surface area contributed by atoms with Crippen molar-refractivity contribution in [3.05, 3.63) is 35.6 Å². The van der Waals surface area contributed by atoms with Crippen LogP contribution >= 0.6 is 0 Å².